The minimum absolute atomic E-state index is 0.0380. The molecule has 0 spiro atoms. The quantitative estimate of drug-likeness (QED) is 0.541. The largest absolute Gasteiger partial charge is 0.288 e. The average Bonchev–Trinajstić information content (AvgIpc) is 2.29. The van der Waals surface area contributed by atoms with Crippen molar-refractivity contribution < 1.29 is 9.18 Å². The number of hydrogen-bond donors (Lipinski definition) is 0. The Labute approximate surface area is 92.8 Å². The van der Waals surface area contributed by atoms with Crippen LogP contribution in [-0.2, 0) is 0 Å². The second-order valence-corrected chi connectivity index (χ2v) is 3.20. The van der Waals surface area contributed by atoms with Crippen LogP contribution in [0.2, 0.25) is 0 Å². The summed E-state index contributed by atoms with van der Waals surface area (Å²) < 4.78 is 13.4. The summed E-state index contributed by atoms with van der Waals surface area (Å²) in [5.74, 6) is -1.10. The lowest BCUT2D eigenvalue weighted by Crippen LogP contribution is -2.10. The van der Waals surface area contributed by atoms with Gasteiger partial charge in [-0.05, 0) is 12.1 Å². The Bertz CT molecular complexity index is 531. The summed E-state index contributed by atoms with van der Waals surface area (Å²) in [5.41, 5.74) is 0.480. The van der Waals surface area contributed by atoms with Crippen LogP contribution in [-0.4, -0.2) is 23.6 Å². The van der Waals surface area contributed by atoms with Crippen molar-refractivity contribution in [3.63, 3.8) is 0 Å². The second-order valence-electron chi connectivity index (χ2n) is 3.20. The molecule has 0 N–H and O–H groups in total. The van der Waals surface area contributed by atoms with E-state index in [0.29, 0.717) is 0 Å². The zero-order chi connectivity index (χ0) is 11.5. The lowest BCUT2D eigenvalue weighted by atomic mass is 9.93. The van der Waals surface area contributed by atoms with Gasteiger partial charge in [-0.15, -0.1) is 0 Å². The van der Waals surface area contributed by atoms with Crippen molar-refractivity contribution in [3.8, 4) is 0 Å². The van der Waals surface area contributed by atoms with Crippen LogP contribution in [0.15, 0.2) is 36.9 Å². The van der Waals surface area contributed by atoms with Crippen LogP contribution < -0.4 is 5.46 Å². The molecule has 3 nitrogen and oxygen atoms in total. The maximum absolute atomic E-state index is 13.4. The molecule has 0 saturated carbocycles. The number of ketones is 1. The van der Waals surface area contributed by atoms with Gasteiger partial charge in [0.1, 0.15) is 20.0 Å². The SMILES string of the molecule is [B]c1ccc(C(=O)c2cncnc2)c(F)c1. The molecule has 2 aromatic rings. The molecule has 0 saturated heterocycles. The lowest BCUT2D eigenvalue weighted by Gasteiger charge is -2.02. The summed E-state index contributed by atoms with van der Waals surface area (Å²) in [7, 11) is 5.39. The van der Waals surface area contributed by atoms with E-state index in [2.05, 4.69) is 9.97 Å². The standard InChI is InChI=1S/C11H6BFN2O/c12-8-1-2-9(10(13)3-8)11(16)7-4-14-6-15-5-7/h1-6H. The van der Waals surface area contributed by atoms with Crippen LogP contribution in [0.3, 0.4) is 0 Å². The first-order chi connectivity index (χ1) is 7.68. The normalized spacial score (nSPS) is 10.1. The number of aromatic nitrogens is 2. The molecular formula is C11H6BFN2O. The molecular weight excluding hydrogens is 206 g/mol. The van der Waals surface area contributed by atoms with E-state index in [1.807, 2.05) is 0 Å². The van der Waals surface area contributed by atoms with E-state index in [1.54, 1.807) is 0 Å². The fraction of sp³-hybridized carbons (Fsp3) is 0. The molecule has 16 heavy (non-hydrogen) atoms. The minimum atomic E-state index is -0.645. The summed E-state index contributed by atoms with van der Waals surface area (Å²) in [6.45, 7) is 0. The molecule has 1 aromatic carbocycles. The van der Waals surface area contributed by atoms with Gasteiger partial charge in [0.2, 0.25) is 0 Å². The Balaban J connectivity index is 2.42. The van der Waals surface area contributed by atoms with E-state index in [9.17, 15) is 9.18 Å². The zero-order valence-electron chi connectivity index (χ0n) is 8.22. The van der Waals surface area contributed by atoms with Crippen molar-refractivity contribution in [3.05, 3.63) is 53.9 Å². The zero-order valence-corrected chi connectivity index (χ0v) is 8.22. The van der Waals surface area contributed by atoms with Crippen molar-refractivity contribution in [1.29, 1.82) is 0 Å². The van der Waals surface area contributed by atoms with E-state index in [4.69, 9.17) is 7.85 Å². The summed E-state index contributed by atoms with van der Waals surface area (Å²) in [6.07, 6.45) is 3.98. The van der Waals surface area contributed by atoms with Gasteiger partial charge in [0.05, 0.1) is 11.1 Å². The molecule has 0 aliphatic heterocycles. The first kappa shape index (κ1) is 10.5. The Hall–Kier alpha value is -2.04. The van der Waals surface area contributed by atoms with Gasteiger partial charge in [-0.3, -0.25) is 4.79 Å². The Morgan fingerprint density at radius 2 is 1.94 bits per heavy atom. The van der Waals surface area contributed by atoms with E-state index < -0.39 is 11.6 Å². The van der Waals surface area contributed by atoms with Crippen molar-refractivity contribution in [2.75, 3.05) is 0 Å². The summed E-state index contributed by atoms with van der Waals surface area (Å²) >= 11 is 0. The number of carbonyl (C=O) groups is 1. The van der Waals surface area contributed by atoms with Crippen molar-refractivity contribution >= 4 is 19.1 Å². The Kier molecular flexibility index (Phi) is 2.77. The minimum Gasteiger partial charge on any atom is -0.288 e. The van der Waals surface area contributed by atoms with Crippen LogP contribution >= 0.6 is 0 Å². The van der Waals surface area contributed by atoms with Gasteiger partial charge in [-0.25, -0.2) is 14.4 Å². The predicted molar refractivity (Wildman–Crippen MR) is 57.3 cm³/mol. The molecule has 2 rings (SSSR count). The number of halogens is 1. The highest BCUT2D eigenvalue weighted by Gasteiger charge is 2.13. The topological polar surface area (TPSA) is 42.9 Å². The smallest absolute Gasteiger partial charge is 0.199 e. The van der Waals surface area contributed by atoms with E-state index in [-0.39, 0.29) is 16.6 Å². The lowest BCUT2D eigenvalue weighted by molar-refractivity contribution is 0.103. The van der Waals surface area contributed by atoms with E-state index in [0.717, 1.165) is 6.07 Å². The number of rotatable bonds is 2. The molecule has 2 radical (unpaired) electrons. The number of benzene rings is 1. The van der Waals surface area contributed by atoms with Crippen LogP contribution in [0.1, 0.15) is 15.9 Å². The molecule has 0 aliphatic rings. The number of nitrogens with zero attached hydrogens (tertiary/aromatic N) is 2. The third-order valence-corrected chi connectivity index (χ3v) is 2.06. The first-order valence-corrected chi connectivity index (χ1v) is 4.53. The second kappa shape index (κ2) is 4.22. The Morgan fingerprint density at radius 3 is 2.56 bits per heavy atom. The van der Waals surface area contributed by atoms with Crippen LogP contribution in [0.5, 0.6) is 0 Å². The molecule has 0 atom stereocenters. The molecule has 0 aliphatic carbocycles. The summed E-state index contributed by atoms with van der Waals surface area (Å²) in [6, 6.07) is 3.93. The molecule has 76 valence electrons. The number of carbonyl (C=O) groups excluding carboxylic acids is 1. The van der Waals surface area contributed by atoms with E-state index >= 15 is 0 Å². The van der Waals surface area contributed by atoms with Gasteiger partial charge in [0.25, 0.3) is 0 Å². The fourth-order valence-electron chi connectivity index (χ4n) is 1.29. The molecule has 0 fully saturated rings. The molecule has 0 unspecified atom stereocenters. The molecule has 0 bridgehead atoms. The average molecular weight is 212 g/mol. The van der Waals surface area contributed by atoms with Crippen molar-refractivity contribution in [2.45, 2.75) is 0 Å². The van der Waals surface area contributed by atoms with Crippen molar-refractivity contribution in [2.24, 2.45) is 0 Å². The summed E-state index contributed by atoms with van der Waals surface area (Å²) in [5, 5.41) is 0. The monoisotopic (exact) mass is 212 g/mol. The summed E-state index contributed by atoms with van der Waals surface area (Å²) in [4.78, 5) is 19.2. The van der Waals surface area contributed by atoms with Gasteiger partial charge >= 0.3 is 0 Å². The molecule has 1 heterocycles. The first-order valence-electron chi connectivity index (χ1n) is 4.53. The molecule has 5 heteroatoms. The highest BCUT2D eigenvalue weighted by molar-refractivity contribution is 6.32. The maximum Gasteiger partial charge on any atom is 0.199 e. The van der Waals surface area contributed by atoms with Crippen molar-refractivity contribution in [1.82, 2.24) is 9.97 Å². The highest BCUT2D eigenvalue weighted by Crippen LogP contribution is 2.10. The van der Waals surface area contributed by atoms with Gasteiger partial charge < -0.3 is 0 Å². The van der Waals surface area contributed by atoms with Gasteiger partial charge in [-0.2, -0.15) is 0 Å². The number of hydrogen-bond acceptors (Lipinski definition) is 3. The van der Waals surface area contributed by atoms with E-state index in [1.165, 1.54) is 30.9 Å². The van der Waals surface area contributed by atoms with Crippen LogP contribution in [0.25, 0.3) is 0 Å². The predicted octanol–water partition coefficient (Wildman–Crippen LogP) is 0.641. The van der Waals surface area contributed by atoms with Gasteiger partial charge in [-0.1, -0.05) is 11.5 Å². The van der Waals surface area contributed by atoms with Crippen LogP contribution in [0, 0.1) is 5.82 Å². The fourth-order valence-corrected chi connectivity index (χ4v) is 1.29. The van der Waals surface area contributed by atoms with Gasteiger partial charge in [0, 0.05) is 12.4 Å². The molecule has 0 amide bonds. The highest BCUT2D eigenvalue weighted by atomic mass is 19.1. The maximum atomic E-state index is 13.4. The Morgan fingerprint density at radius 1 is 1.25 bits per heavy atom. The third kappa shape index (κ3) is 1.98. The third-order valence-electron chi connectivity index (χ3n) is 2.06. The van der Waals surface area contributed by atoms with Gasteiger partial charge in [0.15, 0.2) is 5.78 Å². The van der Waals surface area contributed by atoms with Crippen LogP contribution in [0.4, 0.5) is 4.39 Å². The molecule has 1 aromatic heterocycles.